The third kappa shape index (κ3) is 4.33. The number of alkyl halides is 6. The van der Waals surface area contributed by atoms with Gasteiger partial charge in [-0.1, -0.05) is 0 Å². The normalized spacial score (nSPS) is 11.9. The predicted molar refractivity (Wildman–Crippen MR) is 44.9 cm³/mol. The number of carbonyl (C=O) groups is 1. The van der Waals surface area contributed by atoms with Crippen LogP contribution in [-0.4, -0.2) is 24.2 Å². The number of guanidine groups is 1. The van der Waals surface area contributed by atoms with Crippen LogP contribution in [0, 0.1) is 5.41 Å². The lowest BCUT2D eigenvalue weighted by Crippen LogP contribution is -2.39. The van der Waals surface area contributed by atoms with Crippen molar-refractivity contribution in [1.29, 1.82) is 5.41 Å². The van der Waals surface area contributed by atoms with Crippen LogP contribution >= 0.6 is 0 Å². The van der Waals surface area contributed by atoms with Crippen LogP contribution in [0.4, 0.5) is 26.3 Å². The number of rotatable bonds is 1. The van der Waals surface area contributed by atoms with Gasteiger partial charge in [0.05, 0.1) is 0 Å². The summed E-state index contributed by atoms with van der Waals surface area (Å²) in [7, 11) is 0. The first-order valence-corrected chi connectivity index (χ1v) is 3.88. The molecule has 0 atom stereocenters. The maximum Gasteiger partial charge on any atom is 0.421 e. The molecule has 0 bridgehead atoms. The molecule has 0 aliphatic carbocycles. The molecule has 4 N–H and O–H groups in total. The zero-order chi connectivity index (χ0) is 14.0. The van der Waals surface area contributed by atoms with E-state index in [4.69, 9.17) is 5.41 Å². The monoisotopic (exact) mass is 263 g/mol. The second kappa shape index (κ2) is 4.63. The van der Waals surface area contributed by atoms with Gasteiger partial charge in [-0.3, -0.25) is 15.5 Å². The number of nitrogens with two attached hydrogens (primary N) is 1. The van der Waals surface area contributed by atoms with Gasteiger partial charge in [0, 0.05) is 5.57 Å². The van der Waals surface area contributed by atoms with Crippen molar-refractivity contribution in [3.8, 4) is 0 Å². The van der Waals surface area contributed by atoms with Crippen molar-refractivity contribution in [2.75, 3.05) is 0 Å². The summed E-state index contributed by atoms with van der Waals surface area (Å²) < 4.78 is 72.7. The Morgan fingerprint density at radius 2 is 1.47 bits per heavy atom. The SMILES string of the molecule is CC(C(=O)NC(=N)N)=C(C(F)(F)F)C(F)(F)F. The van der Waals surface area contributed by atoms with Crippen molar-refractivity contribution in [3.05, 3.63) is 11.1 Å². The van der Waals surface area contributed by atoms with E-state index in [0.717, 1.165) is 0 Å². The molecule has 0 fully saturated rings. The Kier molecular flexibility index (Phi) is 4.16. The van der Waals surface area contributed by atoms with Crippen LogP contribution in [0.5, 0.6) is 0 Å². The van der Waals surface area contributed by atoms with Gasteiger partial charge in [0.1, 0.15) is 5.57 Å². The molecule has 0 saturated heterocycles. The predicted octanol–water partition coefficient (Wildman–Crippen LogP) is 1.44. The van der Waals surface area contributed by atoms with Gasteiger partial charge in [-0.2, -0.15) is 26.3 Å². The number of amides is 1. The van der Waals surface area contributed by atoms with Gasteiger partial charge in [0.15, 0.2) is 5.96 Å². The molecule has 0 spiro atoms. The second-order valence-electron chi connectivity index (χ2n) is 2.86. The molecule has 17 heavy (non-hydrogen) atoms. The van der Waals surface area contributed by atoms with Gasteiger partial charge in [-0.05, 0) is 6.92 Å². The molecule has 0 aromatic rings. The number of allylic oxidation sites excluding steroid dienone is 1. The minimum atomic E-state index is -5.73. The van der Waals surface area contributed by atoms with Crippen LogP contribution in [0.3, 0.4) is 0 Å². The van der Waals surface area contributed by atoms with E-state index in [1.807, 2.05) is 0 Å². The maximum absolute atomic E-state index is 12.1. The van der Waals surface area contributed by atoms with Crippen LogP contribution in [0.25, 0.3) is 0 Å². The Labute approximate surface area is 91.0 Å². The van der Waals surface area contributed by atoms with Crippen molar-refractivity contribution < 1.29 is 31.1 Å². The van der Waals surface area contributed by atoms with E-state index in [9.17, 15) is 31.1 Å². The van der Waals surface area contributed by atoms with E-state index in [1.54, 1.807) is 0 Å². The molecule has 0 aromatic carbocycles. The van der Waals surface area contributed by atoms with Gasteiger partial charge >= 0.3 is 12.4 Å². The van der Waals surface area contributed by atoms with E-state index in [1.165, 1.54) is 5.32 Å². The molecule has 0 aromatic heterocycles. The topological polar surface area (TPSA) is 79.0 Å². The molecule has 1 amide bonds. The molecule has 98 valence electrons. The Bertz CT molecular complexity index is 351. The Morgan fingerprint density at radius 3 is 1.71 bits per heavy atom. The highest BCUT2D eigenvalue weighted by atomic mass is 19.4. The molecule has 0 aliphatic rings. The first-order chi connectivity index (χ1) is 7.37. The molecular formula is C7H7F6N3O. The van der Waals surface area contributed by atoms with Crippen molar-refractivity contribution in [3.63, 3.8) is 0 Å². The lowest BCUT2D eigenvalue weighted by atomic mass is 10.1. The van der Waals surface area contributed by atoms with Gasteiger partial charge in [0.25, 0.3) is 5.91 Å². The molecule has 4 nitrogen and oxygen atoms in total. The van der Waals surface area contributed by atoms with Crippen LogP contribution < -0.4 is 11.1 Å². The van der Waals surface area contributed by atoms with Crippen molar-refractivity contribution in [2.45, 2.75) is 19.3 Å². The lowest BCUT2D eigenvalue weighted by Gasteiger charge is -2.17. The van der Waals surface area contributed by atoms with Gasteiger partial charge in [0.2, 0.25) is 0 Å². The highest BCUT2D eigenvalue weighted by Gasteiger charge is 2.53. The quantitative estimate of drug-likeness (QED) is 0.289. The fraction of sp³-hybridized carbons (Fsp3) is 0.429. The van der Waals surface area contributed by atoms with Crippen LogP contribution in [0.15, 0.2) is 11.1 Å². The molecule has 0 radical (unpaired) electrons. The summed E-state index contributed by atoms with van der Waals surface area (Å²) in [5, 5.41) is 7.86. The van der Waals surface area contributed by atoms with E-state index >= 15 is 0 Å². The zero-order valence-corrected chi connectivity index (χ0v) is 8.25. The van der Waals surface area contributed by atoms with Crippen molar-refractivity contribution >= 4 is 11.9 Å². The number of hydrogen-bond donors (Lipinski definition) is 3. The third-order valence-electron chi connectivity index (χ3n) is 1.53. The highest BCUT2D eigenvalue weighted by molar-refractivity contribution is 6.04. The maximum atomic E-state index is 12.1. The van der Waals surface area contributed by atoms with E-state index in [2.05, 4.69) is 5.73 Å². The molecule has 0 unspecified atom stereocenters. The summed E-state index contributed by atoms with van der Waals surface area (Å²) in [6, 6.07) is 0. The third-order valence-corrected chi connectivity index (χ3v) is 1.53. The molecule has 0 saturated carbocycles. The summed E-state index contributed by atoms with van der Waals surface area (Å²) in [5.41, 5.74) is 0.0777. The minimum Gasteiger partial charge on any atom is -0.370 e. The summed E-state index contributed by atoms with van der Waals surface area (Å²) in [6.07, 6.45) is -11.5. The van der Waals surface area contributed by atoms with E-state index in [-0.39, 0.29) is 0 Å². The van der Waals surface area contributed by atoms with Gasteiger partial charge in [-0.25, -0.2) is 0 Å². The first kappa shape index (κ1) is 15.3. The fourth-order valence-corrected chi connectivity index (χ4v) is 0.916. The summed E-state index contributed by atoms with van der Waals surface area (Å²) in [4.78, 5) is 10.9. The zero-order valence-electron chi connectivity index (χ0n) is 8.25. The standard InChI is InChI=1S/C7H7F6N3O/c1-2(4(17)16-5(14)15)3(6(8,9)10)7(11,12)13/h1H3,(H4,14,15,16,17). The molecule has 0 heterocycles. The van der Waals surface area contributed by atoms with E-state index < -0.39 is 35.4 Å². The molecule has 0 aliphatic heterocycles. The van der Waals surface area contributed by atoms with Gasteiger partial charge in [-0.15, -0.1) is 0 Å². The average Bonchev–Trinajstić information content (AvgIpc) is 1.96. The highest BCUT2D eigenvalue weighted by Crippen LogP contribution is 2.40. The Morgan fingerprint density at radius 1 is 1.12 bits per heavy atom. The number of hydrogen-bond acceptors (Lipinski definition) is 2. The molecular weight excluding hydrogens is 256 g/mol. The minimum absolute atomic E-state index is 0.342. The number of halogens is 6. The van der Waals surface area contributed by atoms with Crippen molar-refractivity contribution in [1.82, 2.24) is 5.32 Å². The van der Waals surface area contributed by atoms with E-state index in [0.29, 0.717) is 6.92 Å². The smallest absolute Gasteiger partial charge is 0.370 e. The number of carbonyl (C=O) groups excluding carboxylic acids is 1. The largest absolute Gasteiger partial charge is 0.421 e. The molecule has 0 rings (SSSR count). The Hall–Kier alpha value is -1.74. The summed E-state index contributed by atoms with van der Waals surface area (Å²) in [5.74, 6) is -2.79. The van der Waals surface area contributed by atoms with Crippen LogP contribution in [0.2, 0.25) is 0 Å². The first-order valence-electron chi connectivity index (χ1n) is 3.88. The van der Waals surface area contributed by atoms with Crippen molar-refractivity contribution in [2.24, 2.45) is 5.73 Å². The fourth-order valence-electron chi connectivity index (χ4n) is 0.916. The number of nitrogens with one attached hydrogen (secondary N) is 2. The van der Waals surface area contributed by atoms with Gasteiger partial charge < -0.3 is 5.73 Å². The summed E-state index contributed by atoms with van der Waals surface area (Å²) in [6.45, 7) is 0.342. The Balaban J connectivity index is 5.58. The molecule has 10 heteroatoms. The second-order valence-corrected chi connectivity index (χ2v) is 2.86. The average molecular weight is 263 g/mol. The summed E-state index contributed by atoms with van der Waals surface area (Å²) >= 11 is 0. The van der Waals surface area contributed by atoms with Crippen LogP contribution in [-0.2, 0) is 4.79 Å². The lowest BCUT2D eigenvalue weighted by molar-refractivity contribution is -0.174. The van der Waals surface area contributed by atoms with Crippen LogP contribution in [0.1, 0.15) is 6.92 Å².